The molecule has 112 valence electrons. The van der Waals surface area contributed by atoms with Crippen LogP contribution in [0.3, 0.4) is 0 Å². The monoisotopic (exact) mass is 285 g/mol. The third-order valence-corrected chi connectivity index (χ3v) is 3.28. The summed E-state index contributed by atoms with van der Waals surface area (Å²) in [4.78, 5) is 0. The normalized spacial score (nSPS) is 10.4. The molecule has 0 bridgehead atoms. The molecule has 2 aromatic rings. The average Bonchev–Trinajstić information content (AvgIpc) is 2.53. The van der Waals surface area contributed by atoms with Crippen LogP contribution in [-0.4, -0.2) is 19.8 Å². The van der Waals surface area contributed by atoms with E-state index < -0.39 is 0 Å². The van der Waals surface area contributed by atoms with Crippen molar-refractivity contribution in [3.8, 4) is 11.5 Å². The van der Waals surface area contributed by atoms with Gasteiger partial charge in [-0.15, -0.1) is 0 Å². The van der Waals surface area contributed by atoms with Crippen LogP contribution < -0.4 is 15.2 Å². The number of ether oxygens (including phenoxy) is 2. The topological polar surface area (TPSA) is 44.5 Å². The molecule has 0 unspecified atom stereocenters. The van der Waals surface area contributed by atoms with E-state index in [1.165, 1.54) is 11.1 Å². The molecule has 0 aromatic heterocycles. The van der Waals surface area contributed by atoms with Gasteiger partial charge in [-0.1, -0.05) is 31.2 Å². The Balaban J connectivity index is 1.73. The third kappa shape index (κ3) is 5.12. The van der Waals surface area contributed by atoms with Crippen LogP contribution in [0.4, 0.5) is 0 Å². The smallest absolute Gasteiger partial charge is 0.122 e. The number of nitrogens with two attached hydrogens (primary N) is 1. The molecule has 0 radical (unpaired) electrons. The zero-order chi connectivity index (χ0) is 14.9. The first-order chi connectivity index (χ1) is 10.3. The fourth-order valence-corrected chi connectivity index (χ4v) is 2.09. The molecule has 0 saturated heterocycles. The van der Waals surface area contributed by atoms with Crippen molar-refractivity contribution in [3.05, 3.63) is 59.7 Å². The van der Waals surface area contributed by atoms with E-state index in [0.29, 0.717) is 19.8 Å². The van der Waals surface area contributed by atoms with E-state index in [0.717, 1.165) is 24.3 Å². The Morgan fingerprint density at radius 1 is 0.857 bits per heavy atom. The molecule has 0 fully saturated rings. The first-order valence-electron chi connectivity index (χ1n) is 7.45. The Labute approximate surface area is 126 Å². The molecule has 3 heteroatoms. The van der Waals surface area contributed by atoms with Crippen molar-refractivity contribution in [3.63, 3.8) is 0 Å². The van der Waals surface area contributed by atoms with Gasteiger partial charge in [0.05, 0.1) is 0 Å². The minimum absolute atomic E-state index is 0.534. The Hall–Kier alpha value is -2.00. The summed E-state index contributed by atoms with van der Waals surface area (Å²) in [6.45, 7) is 3.88. The summed E-state index contributed by atoms with van der Waals surface area (Å²) in [5.41, 5.74) is 8.04. The van der Waals surface area contributed by atoms with Crippen LogP contribution in [0.5, 0.6) is 11.5 Å². The van der Waals surface area contributed by atoms with E-state index in [1.54, 1.807) is 0 Å². The Morgan fingerprint density at radius 2 is 1.57 bits per heavy atom. The van der Waals surface area contributed by atoms with E-state index in [1.807, 2.05) is 36.4 Å². The highest BCUT2D eigenvalue weighted by molar-refractivity contribution is 5.29. The van der Waals surface area contributed by atoms with Gasteiger partial charge >= 0.3 is 0 Å². The van der Waals surface area contributed by atoms with Crippen LogP contribution >= 0.6 is 0 Å². The van der Waals surface area contributed by atoms with E-state index in [4.69, 9.17) is 15.2 Å². The second kappa shape index (κ2) is 8.32. The second-order valence-electron chi connectivity index (χ2n) is 4.88. The highest BCUT2D eigenvalue weighted by atomic mass is 16.5. The molecule has 0 aliphatic heterocycles. The van der Waals surface area contributed by atoms with Crippen LogP contribution in [0.15, 0.2) is 48.5 Å². The molecule has 0 aliphatic carbocycles. The lowest BCUT2D eigenvalue weighted by Crippen LogP contribution is -2.09. The maximum Gasteiger partial charge on any atom is 0.122 e. The summed E-state index contributed by atoms with van der Waals surface area (Å²) >= 11 is 0. The highest BCUT2D eigenvalue weighted by Crippen LogP contribution is 2.15. The quantitative estimate of drug-likeness (QED) is 0.757. The van der Waals surface area contributed by atoms with Gasteiger partial charge in [0.2, 0.25) is 0 Å². The number of rotatable bonds is 8. The zero-order valence-electron chi connectivity index (χ0n) is 12.5. The van der Waals surface area contributed by atoms with Gasteiger partial charge in [0.1, 0.15) is 24.7 Å². The molecule has 0 heterocycles. The molecule has 0 saturated carbocycles. The summed E-state index contributed by atoms with van der Waals surface area (Å²) in [6, 6.07) is 16.2. The summed E-state index contributed by atoms with van der Waals surface area (Å²) in [5, 5.41) is 0. The predicted octanol–water partition coefficient (Wildman–Crippen LogP) is 3.21. The molecule has 2 aromatic carbocycles. The van der Waals surface area contributed by atoms with E-state index in [2.05, 4.69) is 19.1 Å². The second-order valence-corrected chi connectivity index (χ2v) is 4.88. The summed E-state index contributed by atoms with van der Waals surface area (Å²) in [6.07, 6.45) is 1.92. The number of hydrogen-bond donors (Lipinski definition) is 1. The van der Waals surface area contributed by atoms with Gasteiger partial charge in [0.15, 0.2) is 0 Å². The van der Waals surface area contributed by atoms with Crippen molar-refractivity contribution in [1.29, 1.82) is 0 Å². The summed E-state index contributed by atoms with van der Waals surface area (Å²) < 4.78 is 11.4. The van der Waals surface area contributed by atoms with Crippen molar-refractivity contribution < 1.29 is 9.47 Å². The van der Waals surface area contributed by atoms with Crippen LogP contribution in [0.1, 0.15) is 18.1 Å². The van der Waals surface area contributed by atoms with Gasteiger partial charge in [-0.2, -0.15) is 0 Å². The molecular formula is C18H23NO2. The molecule has 0 atom stereocenters. The first kappa shape index (κ1) is 15.4. The number of aryl methyl sites for hydroxylation is 1. The van der Waals surface area contributed by atoms with Gasteiger partial charge < -0.3 is 15.2 Å². The summed E-state index contributed by atoms with van der Waals surface area (Å²) in [7, 11) is 0. The van der Waals surface area contributed by atoms with Crippen molar-refractivity contribution in [2.75, 3.05) is 19.8 Å². The predicted molar refractivity (Wildman–Crippen MR) is 86.0 cm³/mol. The van der Waals surface area contributed by atoms with E-state index in [9.17, 15) is 0 Å². The maximum atomic E-state index is 5.69. The largest absolute Gasteiger partial charge is 0.490 e. The SMILES string of the molecule is CCc1cccc(OCCOc2ccc(CCN)cc2)c1. The van der Waals surface area contributed by atoms with Crippen LogP contribution in [0, 0.1) is 0 Å². The summed E-state index contributed by atoms with van der Waals surface area (Å²) in [5.74, 6) is 1.76. The fourth-order valence-electron chi connectivity index (χ4n) is 2.09. The lowest BCUT2D eigenvalue weighted by molar-refractivity contribution is 0.217. The van der Waals surface area contributed by atoms with Crippen molar-refractivity contribution >= 4 is 0 Å². The van der Waals surface area contributed by atoms with Gasteiger partial charge in [-0.05, 0) is 54.8 Å². The van der Waals surface area contributed by atoms with Crippen LogP contribution in [-0.2, 0) is 12.8 Å². The van der Waals surface area contributed by atoms with Crippen LogP contribution in [0.25, 0.3) is 0 Å². The van der Waals surface area contributed by atoms with Crippen molar-refractivity contribution in [1.82, 2.24) is 0 Å². The number of hydrogen-bond acceptors (Lipinski definition) is 3. The van der Waals surface area contributed by atoms with Gasteiger partial charge in [-0.3, -0.25) is 0 Å². The molecule has 0 amide bonds. The zero-order valence-corrected chi connectivity index (χ0v) is 12.5. The first-order valence-corrected chi connectivity index (χ1v) is 7.45. The molecule has 2 rings (SSSR count). The molecule has 0 spiro atoms. The highest BCUT2D eigenvalue weighted by Gasteiger charge is 1.98. The van der Waals surface area contributed by atoms with Crippen molar-refractivity contribution in [2.45, 2.75) is 19.8 Å². The fraction of sp³-hybridized carbons (Fsp3) is 0.333. The van der Waals surface area contributed by atoms with Crippen molar-refractivity contribution in [2.24, 2.45) is 5.73 Å². The molecule has 21 heavy (non-hydrogen) atoms. The van der Waals surface area contributed by atoms with Crippen LogP contribution in [0.2, 0.25) is 0 Å². The lowest BCUT2D eigenvalue weighted by Gasteiger charge is -2.09. The van der Waals surface area contributed by atoms with E-state index >= 15 is 0 Å². The molecular weight excluding hydrogens is 262 g/mol. The lowest BCUT2D eigenvalue weighted by atomic mass is 10.1. The maximum absolute atomic E-state index is 5.69. The Kier molecular flexibility index (Phi) is 6.10. The van der Waals surface area contributed by atoms with E-state index in [-0.39, 0.29) is 0 Å². The molecule has 2 N–H and O–H groups in total. The Morgan fingerprint density at radius 3 is 2.24 bits per heavy atom. The Bertz CT molecular complexity index is 537. The number of benzene rings is 2. The van der Waals surface area contributed by atoms with Gasteiger partial charge in [-0.25, -0.2) is 0 Å². The average molecular weight is 285 g/mol. The van der Waals surface area contributed by atoms with Gasteiger partial charge in [0.25, 0.3) is 0 Å². The third-order valence-electron chi connectivity index (χ3n) is 3.28. The standard InChI is InChI=1S/C18H23NO2/c1-2-15-4-3-5-18(14-15)21-13-12-20-17-8-6-16(7-9-17)10-11-19/h3-9,14H,2,10-13,19H2,1H3. The molecule has 3 nitrogen and oxygen atoms in total. The molecule has 0 aliphatic rings. The minimum Gasteiger partial charge on any atom is -0.490 e. The minimum atomic E-state index is 0.534. The van der Waals surface area contributed by atoms with Gasteiger partial charge in [0, 0.05) is 0 Å².